The SMILES string of the molecule is C=CC(=O)N1CC2COc3c(Br)c(-c4c(C)ccnc4C(C)C)c4c(F)c(-c5c(O)cccc5F)c(F)cc4c3N2CC1C. The third-order valence-electron chi connectivity index (χ3n) is 8.59. The van der Waals surface area contributed by atoms with Crippen LogP contribution in [-0.2, 0) is 4.79 Å². The predicted octanol–water partition coefficient (Wildman–Crippen LogP) is 7.87. The normalized spacial score (nSPS) is 17.8. The summed E-state index contributed by atoms with van der Waals surface area (Å²) >= 11 is 3.74. The first kappa shape index (κ1) is 30.0. The van der Waals surface area contributed by atoms with Crippen molar-refractivity contribution < 1.29 is 27.8 Å². The highest BCUT2D eigenvalue weighted by atomic mass is 79.9. The van der Waals surface area contributed by atoms with Crippen molar-refractivity contribution in [1.29, 1.82) is 0 Å². The second kappa shape index (κ2) is 11.1. The number of hydrogen-bond acceptors (Lipinski definition) is 5. The lowest BCUT2D eigenvalue weighted by molar-refractivity contribution is -0.129. The second-order valence-electron chi connectivity index (χ2n) is 11.7. The highest BCUT2D eigenvalue weighted by Gasteiger charge is 2.41. The van der Waals surface area contributed by atoms with Crippen LogP contribution in [0, 0.1) is 24.4 Å². The largest absolute Gasteiger partial charge is 0.507 e. The molecule has 1 saturated heterocycles. The van der Waals surface area contributed by atoms with Gasteiger partial charge in [-0.1, -0.05) is 26.5 Å². The van der Waals surface area contributed by atoms with Crippen LogP contribution in [0.4, 0.5) is 18.9 Å². The fourth-order valence-electron chi connectivity index (χ4n) is 6.54. The van der Waals surface area contributed by atoms with Gasteiger partial charge in [0.2, 0.25) is 5.91 Å². The molecular formula is C34H31BrF3N3O3. The highest BCUT2D eigenvalue weighted by Crippen LogP contribution is 2.55. The van der Waals surface area contributed by atoms with E-state index in [0.717, 1.165) is 11.6 Å². The Labute approximate surface area is 261 Å². The number of benzene rings is 3. The minimum absolute atomic E-state index is 0.0363. The maximum absolute atomic E-state index is 17.2. The average Bonchev–Trinajstić information content (AvgIpc) is 2.98. The molecule has 6 rings (SSSR count). The Morgan fingerprint density at radius 3 is 2.57 bits per heavy atom. The number of aromatic nitrogens is 1. The molecule has 3 aromatic carbocycles. The van der Waals surface area contributed by atoms with Crippen LogP contribution in [0.15, 0.2) is 53.7 Å². The number of amides is 1. The molecule has 0 aliphatic carbocycles. The molecule has 6 nitrogen and oxygen atoms in total. The summed E-state index contributed by atoms with van der Waals surface area (Å²) in [6.07, 6.45) is 2.96. The zero-order valence-electron chi connectivity index (χ0n) is 24.7. The number of pyridine rings is 1. The molecule has 0 radical (unpaired) electrons. The third-order valence-corrected chi connectivity index (χ3v) is 9.35. The zero-order chi connectivity index (χ0) is 31.6. The number of rotatable bonds is 4. The molecule has 3 heterocycles. The van der Waals surface area contributed by atoms with Gasteiger partial charge in [0.25, 0.3) is 0 Å². The predicted molar refractivity (Wildman–Crippen MR) is 169 cm³/mol. The molecule has 2 aliphatic heterocycles. The van der Waals surface area contributed by atoms with E-state index in [2.05, 4.69) is 27.5 Å². The standard InChI is InChI=1S/C34H31BrF3N3O3/c1-6-24(43)40-14-19-15-44-34-30(35)29(25-17(4)10-11-39-32(25)16(2)3)26-20(33(34)41(19)13-18(40)5)12-22(37)28(31(26)38)27-21(36)8-7-9-23(27)42/h6-12,16,18-19,42H,1,13-15H2,2-5H3. The number of nitrogens with zero attached hydrogens (tertiary/aromatic N) is 3. The summed E-state index contributed by atoms with van der Waals surface area (Å²) in [4.78, 5) is 21.0. The number of phenols is 1. The molecule has 1 amide bonds. The van der Waals surface area contributed by atoms with Gasteiger partial charge in [0.1, 0.15) is 29.8 Å². The van der Waals surface area contributed by atoms with E-state index in [9.17, 15) is 9.90 Å². The van der Waals surface area contributed by atoms with Crippen molar-refractivity contribution in [2.24, 2.45) is 0 Å². The first-order chi connectivity index (χ1) is 21.0. The van der Waals surface area contributed by atoms with Crippen molar-refractivity contribution in [3.63, 3.8) is 0 Å². The molecule has 1 fully saturated rings. The van der Waals surface area contributed by atoms with Gasteiger partial charge in [-0.15, -0.1) is 0 Å². The lowest BCUT2D eigenvalue weighted by atomic mass is 9.86. The number of anilines is 1. The van der Waals surface area contributed by atoms with Gasteiger partial charge in [0.05, 0.1) is 33.0 Å². The van der Waals surface area contributed by atoms with Gasteiger partial charge < -0.3 is 19.6 Å². The molecule has 0 bridgehead atoms. The highest BCUT2D eigenvalue weighted by molar-refractivity contribution is 9.10. The molecule has 2 atom stereocenters. The Hall–Kier alpha value is -4.05. The molecule has 44 heavy (non-hydrogen) atoms. The number of carbonyl (C=O) groups is 1. The molecule has 0 spiro atoms. The summed E-state index contributed by atoms with van der Waals surface area (Å²) < 4.78 is 55.3. The summed E-state index contributed by atoms with van der Waals surface area (Å²) in [5.74, 6) is -3.44. The summed E-state index contributed by atoms with van der Waals surface area (Å²) in [5.41, 5.74) is 1.80. The topological polar surface area (TPSA) is 65.9 Å². The Morgan fingerprint density at radius 2 is 1.89 bits per heavy atom. The van der Waals surface area contributed by atoms with Crippen LogP contribution >= 0.6 is 15.9 Å². The van der Waals surface area contributed by atoms with Gasteiger partial charge in [-0.2, -0.15) is 0 Å². The van der Waals surface area contributed by atoms with Crippen molar-refractivity contribution >= 4 is 38.3 Å². The lowest BCUT2D eigenvalue weighted by Gasteiger charge is -2.49. The Balaban J connectivity index is 1.74. The lowest BCUT2D eigenvalue weighted by Crippen LogP contribution is -2.61. The Morgan fingerprint density at radius 1 is 1.14 bits per heavy atom. The molecule has 1 aromatic heterocycles. The van der Waals surface area contributed by atoms with Crippen molar-refractivity contribution in [3.8, 4) is 33.8 Å². The van der Waals surface area contributed by atoms with E-state index in [0.29, 0.717) is 45.8 Å². The Bertz CT molecular complexity index is 1840. The van der Waals surface area contributed by atoms with E-state index >= 15 is 13.2 Å². The van der Waals surface area contributed by atoms with Gasteiger partial charge in [-0.3, -0.25) is 9.78 Å². The zero-order valence-corrected chi connectivity index (χ0v) is 26.3. The first-order valence-corrected chi connectivity index (χ1v) is 15.2. The van der Waals surface area contributed by atoms with E-state index in [-0.39, 0.29) is 41.3 Å². The van der Waals surface area contributed by atoms with Gasteiger partial charge in [-0.05, 0) is 71.6 Å². The second-order valence-corrected chi connectivity index (χ2v) is 12.5. The molecule has 228 valence electrons. The number of hydrogen-bond donors (Lipinski definition) is 1. The summed E-state index contributed by atoms with van der Waals surface area (Å²) in [6.45, 7) is 12.3. The van der Waals surface area contributed by atoms with Crippen molar-refractivity contribution in [1.82, 2.24) is 9.88 Å². The van der Waals surface area contributed by atoms with E-state index in [1.807, 2.05) is 38.7 Å². The van der Waals surface area contributed by atoms with Gasteiger partial charge in [0.15, 0.2) is 5.75 Å². The minimum Gasteiger partial charge on any atom is -0.507 e. The van der Waals surface area contributed by atoms with Crippen molar-refractivity contribution in [3.05, 3.63) is 82.4 Å². The number of aromatic hydroxyl groups is 1. The van der Waals surface area contributed by atoms with Crippen LogP contribution < -0.4 is 9.64 Å². The number of fused-ring (bicyclic) bond motifs is 5. The van der Waals surface area contributed by atoms with Crippen LogP contribution in [0.1, 0.15) is 37.9 Å². The van der Waals surface area contributed by atoms with E-state index < -0.39 is 34.3 Å². The molecule has 1 N–H and O–H groups in total. The van der Waals surface area contributed by atoms with Crippen LogP contribution in [-0.4, -0.2) is 52.7 Å². The molecule has 4 aromatic rings. The Kier molecular flexibility index (Phi) is 7.60. The summed E-state index contributed by atoms with van der Waals surface area (Å²) in [7, 11) is 0. The fourth-order valence-corrected chi connectivity index (χ4v) is 7.24. The molecule has 2 unspecified atom stereocenters. The van der Waals surface area contributed by atoms with E-state index in [1.54, 1.807) is 11.1 Å². The number of piperazine rings is 1. The monoisotopic (exact) mass is 665 g/mol. The van der Waals surface area contributed by atoms with Crippen molar-refractivity contribution in [2.75, 3.05) is 24.6 Å². The number of halogens is 4. The fraction of sp³-hybridized carbons (Fsp3) is 0.294. The molecule has 10 heteroatoms. The van der Waals surface area contributed by atoms with Crippen molar-refractivity contribution in [2.45, 2.75) is 45.7 Å². The van der Waals surface area contributed by atoms with Gasteiger partial charge in [-0.25, -0.2) is 13.2 Å². The van der Waals surface area contributed by atoms with E-state index in [1.165, 1.54) is 24.3 Å². The molecule has 0 saturated carbocycles. The van der Waals surface area contributed by atoms with Crippen LogP contribution in [0.3, 0.4) is 0 Å². The minimum atomic E-state index is -1.03. The average molecular weight is 667 g/mol. The quantitative estimate of drug-likeness (QED) is 0.225. The smallest absolute Gasteiger partial charge is 0.246 e. The maximum atomic E-state index is 17.2. The van der Waals surface area contributed by atoms with Crippen LogP contribution in [0.2, 0.25) is 0 Å². The summed E-state index contributed by atoms with van der Waals surface area (Å²) in [6, 6.07) is 5.99. The maximum Gasteiger partial charge on any atom is 0.246 e. The van der Waals surface area contributed by atoms with Crippen LogP contribution in [0.5, 0.6) is 11.5 Å². The molecular weight excluding hydrogens is 635 g/mol. The summed E-state index contributed by atoms with van der Waals surface area (Å²) in [5, 5.41) is 10.8. The van der Waals surface area contributed by atoms with Crippen LogP contribution in [0.25, 0.3) is 33.0 Å². The van der Waals surface area contributed by atoms with Gasteiger partial charge in [0, 0.05) is 47.2 Å². The van der Waals surface area contributed by atoms with E-state index in [4.69, 9.17) is 4.74 Å². The number of aryl methyl sites for hydroxylation is 1. The molecule has 2 aliphatic rings. The third kappa shape index (κ3) is 4.53. The first-order valence-electron chi connectivity index (χ1n) is 14.4. The van der Waals surface area contributed by atoms with Gasteiger partial charge >= 0.3 is 0 Å². The number of phenolic OH excluding ortho intramolecular Hbond substituents is 1. The number of ether oxygens (including phenoxy) is 1. The number of carbonyl (C=O) groups excluding carboxylic acids is 1.